The molecule has 1 N–H and O–H groups in total. The van der Waals surface area contributed by atoms with Gasteiger partial charge in [0.2, 0.25) is 11.8 Å². The summed E-state index contributed by atoms with van der Waals surface area (Å²) in [6, 6.07) is 5.51. The molecule has 1 unspecified atom stereocenters. The first-order valence-corrected chi connectivity index (χ1v) is 12.3. The fraction of sp³-hybridized carbons (Fsp3) is 0.583. The van der Waals surface area contributed by atoms with Crippen LogP contribution in [0.25, 0.3) is 6.08 Å². The predicted octanol–water partition coefficient (Wildman–Crippen LogP) is 3.69. The van der Waals surface area contributed by atoms with E-state index in [0.717, 1.165) is 44.5 Å². The molecule has 0 aliphatic carbocycles. The number of hydrogen-bond acceptors (Lipinski definition) is 4. The summed E-state index contributed by atoms with van der Waals surface area (Å²) >= 11 is 12.0. The molecule has 0 bridgehead atoms. The lowest BCUT2D eigenvalue weighted by atomic mass is 10.0. The zero-order valence-electron chi connectivity index (χ0n) is 18.5. The fourth-order valence-electron chi connectivity index (χ4n) is 4.39. The minimum atomic E-state index is -0.106. The third-order valence-electron chi connectivity index (χ3n) is 6.34. The van der Waals surface area contributed by atoms with E-state index in [2.05, 4.69) is 4.90 Å². The molecule has 0 radical (unpaired) electrons. The van der Waals surface area contributed by atoms with Crippen LogP contribution in [0.4, 0.5) is 0 Å². The van der Waals surface area contributed by atoms with Gasteiger partial charge in [-0.3, -0.25) is 14.5 Å². The second-order valence-electron chi connectivity index (χ2n) is 8.54. The molecule has 1 atom stereocenters. The van der Waals surface area contributed by atoms with Crippen LogP contribution in [0.5, 0.6) is 0 Å². The van der Waals surface area contributed by atoms with Crippen molar-refractivity contribution < 1.29 is 14.7 Å². The van der Waals surface area contributed by atoms with Crippen molar-refractivity contribution in [3.63, 3.8) is 0 Å². The van der Waals surface area contributed by atoms with E-state index < -0.39 is 0 Å². The number of aliphatic hydroxyl groups excluding tert-OH is 1. The number of hydrogen-bond donors (Lipinski definition) is 1. The standard InChI is InChI=1S/C24H33Cl2N3O3/c25-21-8-6-19(17-22(21)26)7-9-23(31)29-14-10-24(32)28(15-16-29)13-4-3-12-27-11-2-1-5-20(27)18-30/h6-9,17,20,30H,1-5,10-16,18H2. The minimum Gasteiger partial charge on any atom is -0.395 e. The number of amides is 2. The number of halogens is 2. The number of piperidine rings is 1. The second kappa shape index (κ2) is 12.6. The van der Waals surface area contributed by atoms with Crippen molar-refractivity contribution in [1.29, 1.82) is 0 Å². The summed E-state index contributed by atoms with van der Waals surface area (Å²) in [6.07, 6.45) is 9.01. The molecule has 1 aromatic rings. The Hall–Kier alpha value is -1.60. The summed E-state index contributed by atoms with van der Waals surface area (Å²) in [5, 5.41) is 10.5. The topological polar surface area (TPSA) is 64.1 Å². The summed E-state index contributed by atoms with van der Waals surface area (Å²) < 4.78 is 0. The van der Waals surface area contributed by atoms with E-state index in [-0.39, 0.29) is 18.4 Å². The third-order valence-corrected chi connectivity index (χ3v) is 7.08. The monoisotopic (exact) mass is 481 g/mol. The molecule has 2 aliphatic heterocycles. The van der Waals surface area contributed by atoms with Crippen molar-refractivity contribution in [3.8, 4) is 0 Å². The Morgan fingerprint density at radius 1 is 1.06 bits per heavy atom. The Balaban J connectivity index is 1.43. The molecule has 3 rings (SSSR count). The summed E-state index contributed by atoms with van der Waals surface area (Å²) in [4.78, 5) is 31.1. The van der Waals surface area contributed by atoms with Crippen molar-refractivity contribution >= 4 is 41.1 Å². The predicted molar refractivity (Wildman–Crippen MR) is 129 cm³/mol. The Labute approximate surface area is 200 Å². The quantitative estimate of drug-likeness (QED) is 0.454. The Morgan fingerprint density at radius 2 is 1.88 bits per heavy atom. The van der Waals surface area contributed by atoms with E-state index in [9.17, 15) is 14.7 Å². The molecule has 0 aromatic heterocycles. The zero-order valence-corrected chi connectivity index (χ0v) is 20.0. The van der Waals surface area contributed by atoms with E-state index in [4.69, 9.17) is 23.2 Å². The number of rotatable bonds is 8. The molecule has 0 spiro atoms. The lowest BCUT2D eigenvalue weighted by Gasteiger charge is -2.34. The molecule has 0 saturated carbocycles. The van der Waals surface area contributed by atoms with E-state index >= 15 is 0 Å². The minimum absolute atomic E-state index is 0.106. The van der Waals surface area contributed by atoms with Crippen LogP contribution in [-0.2, 0) is 9.59 Å². The van der Waals surface area contributed by atoms with Gasteiger partial charge in [0.15, 0.2) is 0 Å². The number of nitrogens with zero attached hydrogens (tertiary/aromatic N) is 3. The average molecular weight is 482 g/mol. The van der Waals surface area contributed by atoms with Crippen LogP contribution < -0.4 is 0 Å². The number of unbranched alkanes of at least 4 members (excludes halogenated alkanes) is 1. The van der Waals surface area contributed by atoms with Crippen LogP contribution in [0.15, 0.2) is 24.3 Å². The molecular formula is C24H33Cl2N3O3. The maximum absolute atomic E-state index is 12.6. The average Bonchev–Trinajstić information content (AvgIpc) is 2.99. The first-order chi connectivity index (χ1) is 15.5. The maximum atomic E-state index is 12.6. The SMILES string of the molecule is O=C(C=Cc1ccc(Cl)c(Cl)c1)N1CCC(=O)N(CCCCN2CCCCC2CO)CC1. The highest BCUT2D eigenvalue weighted by Crippen LogP contribution is 2.23. The van der Waals surface area contributed by atoms with Gasteiger partial charge in [0.05, 0.1) is 16.7 Å². The number of carbonyl (C=O) groups is 2. The van der Waals surface area contributed by atoms with Crippen LogP contribution in [0.3, 0.4) is 0 Å². The molecule has 2 amide bonds. The van der Waals surface area contributed by atoms with Crippen molar-refractivity contribution in [2.75, 3.05) is 45.9 Å². The molecule has 176 valence electrons. The molecular weight excluding hydrogens is 449 g/mol. The zero-order chi connectivity index (χ0) is 22.9. The Bertz CT molecular complexity index is 818. The van der Waals surface area contributed by atoms with Crippen LogP contribution in [-0.4, -0.2) is 83.5 Å². The van der Waals surface area contributed by atoms with Crippen LogP contribution in [0, 0.1) is 0 Å². The highest BCUT2D eigenvalue weighted by atomic mass is 35.5. The van der Waals surface area contributed by atoms with Crippen molar-refractivity contribution in [3.05, 3.63) is 39.9 Å². The molecule has 6 nitrogen and oxygen atoms in total. The Morgan fingerprint density at radius 3 is 2.66 bits per heavy atom. The highest BCUT2D eigenvalue weighted by Gasteiger charge is 2.23. The number of aliphatic hydroxyl groups is 1. The van der Waals surface area contributed by atoms with Gasteiger partial charge in [-0.1, -0.05) is 35.7 Å². The van der Waals surface area contributed by atoms with Crippen LogP contribution in [0.1, 0.15) is 44.1 Å². The molecule has 2 aliphatic rings. The van der Waals surface area contributed by atoms with Gasteiger partial charge in [0, 0.05) is 44.7 Å². The molecule has 1 aromatic carbocycles. The van der Waals surface area contributed by atoms with Crippen LogP contribution >= 0.6 is 23.2 Å². The molecule has 2 saturated heterocycles. The Kier molecular flexibility index (Phi) is 9.85. The number of carbonyl (C=O) groups excluding carboxylic acids is 2. The van der Waals surface area contributed by atoms with Gasteiger partial charge in [-0.05, 0) is 62.5 Å². The molecule has 32 heavy (non-hydrogen) atoms. The molecule has 2 fully saturated rings. The van der Waals surface area contributed by atoms with E-state index in [1.807, 2.05) is 4.90 Å². The van der Waals surface area contributed by atoms with E-state index in [1.54, 1.807) is 29.2 Å². The summed E-state index contributed by atoms with van der Waals surface area (Å²) in [6.45, 7) is 4.51. The van der Waals surface area contributed by atoms with Gasteiger partial charge in [-0.2, -0.15) is 0 Å². The fourth-order valence-corrected chi connectivity index (χ4v) is 4.70. The number of benzene rings is 1. The van der Waals surface area contributed by atoms with Crippen molar-refractivity contribution in [2.24, 2.45) is 0 Å². The van der Waals surface area contributed by atoms with Gasteiger partial charge in [-0.15, -0.1) is 0 Å². The van der Waals surface area contributed by atoms with Crippen LogP contribution in [0.2, 0.25) is 10.0 Å². The normalized spacial score (nSPS) is 20.7. The van der Waals surface area contributed by atoms with Gasteiger partial charge in [-0.25, -0.2) is 0 Å². The molecule has 8 heteroatoms. The van der Waals surface area contributed by atoms with Gasteiger partial charge >= 0.3 is 0 Å². The number of likely N-dealkylation sites (tertiary alicyclic amines) is 1. The summed E-state index contributed by atoms with van der Waals surface area (Å²) in [5.74, 6) is 0.00540. The third kappa shape index (κ3) is 7.20. The summed E-state index contributed by atoms with van der Waals surface area (Å²) in [5.41, 5.74) is 0.803. The van der Waals surface area contributed by atoms with Gasteiger partial charge in [0.1, 0.15) is 0 Å². The summed E-state index contributed by atoms with van der Waals surface area (Å²) in [7, 11) is 0. The molecule has 2 heterocycles. The van der Waals surface area contributed by atoms with Gasteiger partial charge in [0.25, 0.3) is 0 Å². The lowest BCUT2D eigenvalue weighted by molar-refractivity contribution is -0.130. The van der Waals surface area contributed by atoms with E-state index in [1.165, 1.54) is 18.9 Å². The van der Waals surface area contributed by atoms with Crippen molar-refractivity contribution in [2.45, 2.75) is 44.6 Å². The first-order valence-electron chi connectivity index (χ1n) is 11.5. The first kappa shape index (κ1) is 25.0. The maximum Gasteiger partial charge on any atom is 0.246 e. The van der Waals surface area contributed by atoms with Gasteiger partial charge < -0.3 is 14.9 Å². The lowest BCUT2D eigenvalue weighted by Crippen LogP contribution is -2.42. The smallest absolute Gasteiger partial charge is 0.246 e. The highest BCUT2D eigenvalue weighted by molar-refractivity contribution is 6.42. The van der Waals surface area contributed by atoms with E-state index in [0.29, 0.717) is 42.1 Å². The largest absolute Gasteiger partial charge is 0.395 e. The second-order valence-corrected chi connectivity index (χ2v) is 9.35. The van der Waals surface area contributed by atoms with Crippen molar-refractivity contribution in [1.82, 2.24) is 14.7 Å².